The van der Waals surface area contributed by atoms with Gasteiger partial charge in [-0.25, -0.2) is 4.39 Å². The van der Waals surface area contributed by atoms with Gasteiger partial charge in [0.05, 0.1) is 12.2 Å². The van der Waals surface area contributed by atoms with Crippen molar-refractivity contribution in [2.75, 3.05) is 6.61 Å². The molecule has 0 spiro atoms. The first kappa shape index (κ1) is 10.3. The fourth-order valence-electron chi connectivity index (χ4n) is 0.976. The lowest BCUT2D eigenvalue weighted by molar-refractivity contribution is 0.00429. The lowest BCUT2D eigenvalue weighted by Gasteiger charge is -2.04. The van der Waals surface area contributed by atoms with Gasteiger partial charge in [0.25, 0.3) is 6.21 Å². The maximum atomic E-state index is 13.1. The second kappa shape index (κ2) is 4.48. The average molecular weight is 198 g/mol. The van der Waals surface area contributed by atoms with Crippen LogP contribution in [0.3, 0.4) is 0 Å². The zero-order valence-electron chi connectivity index (χ0n) is 7.50. The van der Waals surface area contributed by atoms with Gasteiger partial charge in [0.2, 0.25) is 5.82 Å². The highest BCUT2D eigenvalue weighted by Crippen LogP contribution is 2.21. The van der Waals surface area contributed by atoms with Crippen LogP contribution >= 0.6 is 0 Å². The van der Waals surface area contributed by atoms with Crippen LogP contribution in [0.15, 0.2) is 12.1 Å². The van der Waals surface area contributed by atoms with Crippen molar-refractivity contribution in [3.8, 4) is 5.75 Å². The summed E-state index contributed by atoms with van der Waals surface area (Å²) >= 11 is 0. The number of ether oxygens (including phenoxy) is 1. The summed E-state index contributed by atoms with van der Waals surface area (Å²) in [6, 6.07) is 2.54. The van der Waals surface area contributed by atoms with E-state index in [2.05, 4.69) is 4.79 Å². The van der Waals surface area contributed by atoms with Gasteiger partial charge in [0.15, 0.2) is 11.6 Å². The largest absolute Gasteiger partial charge is 0.491 e. The minimum absolute atomic E-state index is 0.131. The van der Waals surface area contributed by atoms with Crippen molar-refractivity contribution in [3.05, 3.63) is 34.9 Å². The van der Waals surface area contributed by atoms with Crippen LogP contribution in [0, 0.1) is 11.6 Å². The van der Waals surface area contributed by atoms with Crippen LogP contribution in [0.1, 0.15) is 12.5 Å². The minimum atomic E-state index is -1.09. The van der Waals surface area contributed by atoms with Crippen molar-refractivity contribution in [2.24, 2.45) is 0 Å². The molecule has 0 saturated carbocycles. The monoisotopic (exact) mass is 198 g/mol. The Kier molecular flexibility index (Phi) is 3.31. The molecule has 0 aromatic heterocycles. The van der Waals surface area contributed by atoms with E-state index in [0.29, 0.717) is 0 Å². The summed E-state index contributed by atoms with van der Waals surface area (Å²) in [5, 5.41) is 0. The summed E-state index contributed by atoms with van der Waals surface area (Å²) in [5.74, 6) is -2.32. The summed E-state index contributed by atoms with van der Waals surface area (Å²) < 4.78 is 31.1. The molecular weight excluding hydrogens is 190 g/mol. The van der Waals surface area contributed by atoms with Gasteiger partial charge in [-0.2, -0.15) is 9.18 Å². The highest BCUT2D eigenvalue weighted by atomic mass is 19.2. The summed E-state index contributed by atoms with van der Waals surface area (Å²) in [4.78, 5) is 2.61. The molecule has 1 aromatic carbocycles. The van der Waals surface area contributed by atoms with Crippen LogP contribution in [-0.2, 0) is 0 Å². The third-order valence-electron chi connectivity index (χ3n) is 1.57. The quantitative estimate of drug-likeness (QED) is 0.416. The molecule has 1 aromatic rings. The predicted octanol–water partition coefficient (Wildman–Crippen LogP) is 2.01. The zero-order valence-corrected chi connectivity index (χ0v) is 7.50. The molecule has 3 nitrogen and oxygen atoms in total. The molecular formula is C9H8F2N2O. The third-order valence-corrected chi connectivity index (χ3v) is 1.57. The first-order valence-corrected chi connectivity index (χ1v) is 3.99. The van der Waals surface area contributed by atoms with Crippen LogP contribution in [-0.4, -0.2) is 17.6 Å². The van der Waals surface area contributed by atoms with E-state index in [1.165, 1.54) is 12.1 Å². The zero-order chi connectivity index (χ0) is 10.6. The minimum Gasteiger partial charge on any atom is -0.491 e. The van der Waals surface area contributed by atoms with Crippen LogP contribution in [0.2, 0.25) is 0 Å². The first-order chi connectivity index (χ1) is 6.70. The van der Waals surface area contributed by atoms with Crippen molar-refractivity contribution in [1.82, 2.24) is 0 Å². The smallest absolute Gasteiger partial charge is 0.290 e. The summed E-state index contributed by atoms with van der Waals surface area (Å²) in [7, 11) is 0. The van der Waals surface area contributed by atoms with Crippen LogP contribution < -0.4 is 4.74 Å². The Morgan fingerprint density at radius 3 is 2.71 bits per heavy atom. The summed E-state index contributed by atoms with van der Waals surface area (Å²) in [5.41, 5.74) is 8.03. The van der Waals surface area contributed by atoms with Gasteiger partial charge in [-0.05, 0) is 19.1 Å². The lowest BCUT2D eigenvalue weighted by Crippen LogP contribution is -2.00. The topological polar surface area (TPSA) is 45.6 Å². The molecule has 0 atom stereocenters. The molecule has 0 N–H and O–H groups in total. The highest BCUT2D eigenvalue weighted by molar-refractivity contribution is 5.75. The number of hydrogen-bond donors (Lipinski definition) is 0. The third kappa shape index (κ3) is 1.95. The first-order valence-electron chi connectivity index (χ1n) is 3.99. The van der Waals surface area contributed by atoms with E-state index in [9.17, 15) is 8.78 Å². The van der Waals surface area contributed by atoms with Gasteiger partial charge in [-0.3, -0.25) is 0 Å². The van der Waals surface area contributed by atoms with Gasteiger partial charge in [-0.15, -0.1) is 0 Å². The molecule has 0 amide bonds. The number of benzene rings is 1. The summed E-state index contributed by atoms with van der Waals surface area (Å²) in [6.07, 6.45) is 0.814. The Labute approximate surface area is 79.6 Å². The van der Waals surface area contributed by atoms with E-state index in [0.717, 1.165) is 6.21 Å². The molecule has 0 aliphatic rings. The normalized spacial score (nSPS) is 9.36. The molecule has 5 heteroatoms. The average Bonchev–Trinajstić information content (AvgIpc) is 2.18. The van der Waals surface area contributed by atoms with Gasteiger partial charge >= 0.3 is 0 Å². The Hall–Kier alpha value is -1.74. The van der Waals surface area contributed by atoms with E-state index in [4.69, 9.17) is 10.3 Å². The van der Waals surface area contributed by atoms with E-state index in [1.54, 1.807) is 6.92 Å². The molecule has 0 unspecified atom stereocenters. The van der Waals surface area contributed by atoms with Gasteiger partial charge < -0.3 is 10.3 Å². The highest BCUT2D eigenvalue weighted by Gasteiger charge is 2.14. The van der Waals surface area contributed by atoms with E-state index < -0.39 is 11.6 Å². The van der Waals surface area contributed by atoms with Crippen LogP contribution in [0.5, 0.6) is 5.75 Å². The fourth-order valence-corrected chi connectivity index (χ4v) is 0.976. The van der Waals surface area contributed by atoms with Crippen molar-refractivity contribution in [3.63, 3.8) is 0 Å². The molecule has 0 fully saturated rings. The molecule has 0 heterocycles. The number of hydrogen-bond acceptors (Lipinski definition) is 1. The Balaban J connectivity index is 3.18. The van der Waals surface area contributed by atoms with Crippen molar-refractivity contribution < 1.29 is 18.3 Å². The number of nitrogens with zero attached hydrogens (tertiary/aromatic N) is 2. The molecule has 1 rings (SSSR count). The molecule has 74 valence electrons. The molecule has 0 aliphatic heterocycles. The predicted molar refractivity (Wildman–Crippen MR) is 46.3 cm³/mol. The SMILES string of the molecule is CCOc1ccc(C=[N+]=[N-])c(F)c1F. The lowest BCUT2D eigenvalue weighted by atomic mass is 10.2. The Bertz CT molecular complexity index is 387. The number of rotatable bonds is 3. The second-order valence-corrected chi connectivity index (χ2v) is 2.46. The van der Waals surface area contributed by atoms with Gasteiger partial charge in [-0.1, -0.05) is 0 Å². The van der Waals surface area contributed by atoms with Crippen LogP contribution in [0.25, 0.3) is 5.53 Å². The molecule has 0 saturated heterocycles. The van der Waals surface area contributed by atoms with E-state index in [1.807, 2.05) is 0 Å². The molecule has 0 aliphatic carbocycles. The van der Waals surface area contributed by atoms with Gasteiger partial charge in [0, 0.05) is 0 Å². The molecule has 0 bridgehead atoms. The van der Waals surface area contributed by atoms with Crippen molar-refractivity contribution >= 4 is 6.21 Å². The van der Waals surface area contributed by atoms with E-state index >= 15 is 0 Å². The maximum absolute atomic E-state index is 13.1. The van der Waals surface area contributed by atoms with E-state index in [-0.39, 0.29) is 17.9 Å². The Morgan fingerprint density at radius 1 is 1.43 bits per heavy atom. The fraction of sp³-hybridized carbons (Fsp3) is 0.222. The summed E-state index contributed by atoms with van der Waals surface area (Å²) in [6.45, 7) is 1.92. The Morgan fingerprint density at radius 2 is 2.14 bits per heavy atom. The van der Waals surface area contributed by atoms with Crippen molar-refractivity contribution in [2.45, 2.75) is 6.92 Å². The second-order valence-electron chi connectivity index (χ2n) is 2.46. The molecule has 0 radical (unpaired) electrons. The molecule has 14 heavy (non-hydrogen) atoms. The number of halogens is 2. The van der Waals surface area contributed by atoms with Crippen LogP contribution in [0.4, 0.5) is 8.78 Å². The maximum Gasteiger partial charge on any atom is 0.290 e. The standard InChI is InChI=1S/C9H8F2N2O/c1-2-14-7-4-3-6(5-13-12)8(10)9(7)11/h3-5H,2H2,1H3. The van der Waals surface area contributed by atoms with Gasteiger partial charge in [0.1, 0.15) is 0 Å². The van der Waals surface area contributed by atoms with Crippen molar-refractivity contribution in [1.29, 1.82) is 0 Å².